The SMILES string of the molecule is Cc1nc(N)c2c(C)c(C)n(-c3ccc(F)cc3Br)c2n1. The van der Waals surface area contributed by atoms with E-state index in [0.717, 1.165) is 28.0 Å². The van der Waals surface area contributed by atoms with Gasteiger partial charge in [0.2, 0.25) is 0 Å². The van der Waals surface area contributed by atoms with Crippen molar-refractivity contribution >= 4 is 32.8 Å². The fraction of sp³-hybridized carbons (Fsp3) is 0.200. The van der Waals surface area contributed by atoms with E-state index in [-0.39, 0.29) is 5.82 Å². The first-order chi connectivity index (χ1) is 9.90. The van der Waals surface area contributed by atoms with Crippen molar-refractivity contribution in [2.24, 2.45) is 0 Å². The van der Waals surface area contributed by atoms with Crippen LogP contribution in [0.5, 0.6) is 0 Å². The Hall–Kier alpha value is -1.95. The van der Waals surface area contributed by atoms with Gasteiger partial charge in [0.15, 0.2) is 5.65 Å². The second-order valence-corrected chi connectivity index (χ2v) is 5.85. The Labute approximate surface area is 129 Å². The van der Waals surface area contributed by atoms with E-state index in [4.69, 9.17) is 5.73 Å². The third-order valence-electron chi connectivity index (χ3n) is 3.65. The van der Waals surface area contributed by atoms with Crippen molar-refractivity contribution in [3.05, 3.63) is 45.6 Å². The Balaban J connectivity index is 2.45. The lowest BCUT2D eigenvalue weighted by molar-refractivity contribution is 0.626. The van der Waals surface area contributed by atoms with Crippen LogP contribution in [-0.2, 0) is 0 Å². The van der Waals surface area contributed by atoms with Crippen LogP contribution in [0.25, 0.3) is 16.7 Å². The van der Waals surface area contributed by atoms with Crippen molar-refractivity contribution in [2.45, 2.75) is 20.8 Å². The van der Waals surface area contributed by atoms with Crippen LogP contribution in [-0.4, -0.2) is 14.5 Å². The van der Waals surface area contributed by atoms with Gasteiger partial charge in [-0.3, -0.25) is 4.57 Å². The summed E-state index contributed by atoms with van der Waals surface area (Å²) < 4.78 is 16.0. The van der Waals surface area contributed by atoms with E-state index in [9.17, 15) is 4.39 Å². The van der Waals surface area contributed by atoms with E-state index >= 15 is 0 Å². The molecule has 2 N–H and O–H groups in total. The lowest BCUT2D eigenvalue weighted by Gasteiger charge is -2.10. The van der Waals surface area contributed by atoms with Gasteiger partial charge in [-0.25, -0.2) is 14.4 Å². The number of anilines is 1. The minimum Gasteiger partial charge on any atom is -0.383 e. The van der Waals surface area contributed by atoms with Crippen LogP contribution in [0.15, 0.2) is 22.7 Å². The van der Waals surface area contributed by atoms with Gasteiger partial charge in [0.1, 0.15) is 17.5 Å². The molecule has 1 aromatic carbocycles. The van der Waals surface area contributed by atoms with Crippen LogP contribution in [0.4, 0.5) is 10.2 Å². The molecule has 0 bridgehead atoms. The number of aromatic nitrogens is 3. The molecule has 21 heavy (non-hydrogen) atoms. The molecule has 0 aliphatic rings. The molecule has 0 atom stereocenters. The number of hydrogen-bond acceptors (Lipinski definition) is 3. The molecule has 108 valence electrons. The number of nitrogens with zero attached hydrogens (tertiary/aromatic N) is 3. The van der Waals surface area contributed by atoms with Crippen molar-refractivity contribution < 1.29 is 4.39 Å². The molecule has 6 heteroatoms. The number of halogens is 2. The Morgan fingerprint density at radius 1 is 1.19 bits per heavy atom. The van der Waals surface area contributed by atoms with Crippen LogP contribution in [0.1, 0.15) is 17.1 Å². The smallest absolute Gasteiger partial charge is 0.150 e. The maximum absolute atomic E-state index is 13.3. The third-order valence-corrected chi connectivity index (χ3v) is 4.28. The molecule has 3 aromatic rings. The van der Waals surface area contributed by atoms with Gasteiger partial charge in [-0.1, -0.05) is 0 Å². The Kier molecular flexibility index (Phi) is 3.20. The van der Waals surface area contributed by atoms with E-state index in [0.29, 0.717) is 16.1 Å². The molecule has 0 aliphatic carbocycles. The molecular weight excluding hydrogens is 335 g/mol. The highest BCUT2D eigenvalue weighted by atomic mass is 79.9. The molecular formula is C15H14BrFN4. The largest absolute Gasteiger partial charge is 0.383 e. The van der Waals surface area contributed by atoms with Gasteiger partial charge in [0.05, 0.1) is 11.1 Å². The van der Waals surface area contributed by atoms with Crippen LogP contribution in [0.3, 0.4) is 0 Å². The zero-order valence-electron chi connectivity index (χ0n) is 11.9. The summed E-state index contributed by atoms with van der Waals surface area (Å²) >= 11 is 3.41. The molecule has 0 saturated carbocycles. The molecule has 0 unspecified atom stereocenters. The van der Waals surface area contributed by atoms with Gasteiger partial charge < -0.3 is 5.73 Å². The average molecular weight is 349 g/mol. The highest BCUT2D eigenvalue weighted by Crippen LogP contribution is 2.33. The second kappa shape index (κ2) is 4.80. The van der Waals surface area contributed by atoms with Crippen LogP contribution in [0.2, 0.25) is 0 Å². The Morgan fingerprint density at radius 3 is 2.57 bits per heavy atom. The fourth-order valence-corrected chi connectivity index (χ4v) is 3.09. The molecule has 3 rings (SSSR count). The quantitative estimate of drug-likeness (QED) is 0.726. The lowest BCUT2D eigenvalue weighted by atomic mass is 10.2. The van der Waals surface area contributed by atoms with Crippen LogP contribution in [0, 0.1) is 26.6 Å². The van der Waals surface area contributed by atoms with Crippen molar-refractivity contribution in [1.82, 2.24) is 14.5 Å². The van der Waals surface area contributed by atoms with Crippen molar-refractivity contribution in [1.29, 1.82) is 0 Å². The van der Waals surface area contributed by atoms with E-state index in [1.165, 1.54) is 12.1 Å². The summed E-state index contributed by atoms with van der Waals surface area (Å²) in [5, 5.41) is 0.842. The van der Waals surface area contributed by atoms with Crippen molar-refractivity contribution in [3.63, 3.8) is 0 Å². The van der Waals surface area contributed by atoms with E-state index in [1.807, 2.05) is 18.4 Å². The summed E-state index contributed by atoms with van der Waals surface area (Å²) in [5.41, 5.74) is 9.64. The van der Waals surface area contributed by atoms with Crippen LogP contribution >= 0.6 is 15.9 Å². The summed E-state index contributed by atoms with van der Waals surface area (Å²) in [6.45, 7) is 5.78. The van der Waals surface area contributed by atoms with Gasteiger partial charge in [0, 0.05) is 10.2 Å². The standard InChI is InChI=1S/C15H14BrFN4/c1-7-8(2)21(12-5-4-10(17)6-11(12)16)15-13(7)14(18)19-9(3)20-15/h4-6H,1-3H3,(H2,18,19,20). The maximum atomic E-state index is 13.3. The van der Waals surface area contributed by atoms with Gasteiger partial charge in [-0.05, 0) is 60.5 Å². The minimum atomic E-state index is -0.290. The maximum Gasteiger partial charge on any atom is 0.150 e. The number of aryl methyl sites for hydroxylation is 2. The summed E-state index contributed by atoms with van der Waals surface area (Å²) in [6, 6.07) is 4.59. The predicted octanol–water partition coefficient (Wildman–Crippen LogP) is 3.83. The van der Waals surface area contributed by atoms with Gasteiger partial charge in [0.25, 0.3) is 0 Å². The highest BCUT2D eigenvalue weighted by molar-refractivity contribution is 9.10. The number of hydrogen-bond donors (Lipinski definition) is 1. The number of rotatable bonds is 1. The summed E-state index contributed by atoms with van der Waals surface area (Å²) in [5.74, 6) is 0.786. The van der Waals surface area contributed by atoms with E-state index < -0.39 is 0 Å². The zero-order chi connectivity index (χ0) is 15.3. The highest BCUT2D eigenvalue weighted by Gasteiger charge is 2.18. The monoisotopic (exact) mass is 348 g/mol. The molecule has 2 aromatic heterocycles. The second-order valence-electron chi connectivity index (χ2n) is 5.00. The normalized spacial score (nSPS) is 11.3. The molecule has 4 nitrogen and oxygen atoms in total. The Bertz CT molecular complexity index is 870. The fourth-order valence-electron chi connectivity index (χ4n) is 2.57. The van der Waals surface area contributed by atoms with Crippen molar-refractivity contribution in [3.8, 4) is 5.69 Å². The molecule has 0 spiro atoms. The summed E-state index contributed by atoms with van der Waals surface area (Å²) in [4.78, 5) is 8.74. The topological polar surface area (TPSA) is 56.7 Å². The molecule has 0 aliphatic heterocycles. The first kappa shape index (κ1) is 14.0. The summed E-state index contributed by atoms with van der Waals surface area (Å²) in [7, 11) is 0. The summed E-state index contributed by atoms with van der Waals surface area (Å²) in [6.07, 6.45) is 0. The lowest BCUT2D eigenvalue weighted by Crippen LogP contribution is -2.02. The number of nitrogen functional groups attached to an aromatic ring is 1. The minimum absolute atomic E-state index is 0.290. The molecule has 2 heterocycles. The first-order valence-electron chi connectivity index (χ1n) is 6.47. The average Bonchev–Trinajstić information content (AvgIpc) is 2.63. The third kappa shape index (κ3) is 2.10. The van der Waals surface area contributed by atoms with Gasteiger partial charge >= 0.3 is 0 Å². The zero-order valence-corrected chi connectivity index (χ0v) is 13.5. The molecule has 0 saturated heterocycles. The van der Waals surface area contributed by atoms with E-state index in [1.54, 1.807) is 13.0 Å². The molecule has 0 amide bonds. The molecule has 0 fully saturated rings. The van der Waals surface area contributed by atoms with Gasteiger partial charge in [-0.15, -0.1) is 0 Å². The number of nitrogens with two attached hydrogens (primary N) is 1. The van der Waals surface area contributed by atoms with Crippen LogP contribution < -0.4 is 5.73 Å². The first-order valence-corrected chi connectivity index (χ1v) is 7.26. The number of benzene rings is 1. The number of fused-ring (bicyclic) bond motifs is 1. The Morgan fingerprint density at radius 2 is 1.90 bits per heavy atom. The van der Waals surface area contributed by atoms with E-state index in [2.05, 4.69) is 25.9 Å². The van der Waals surface area contributed by atoms with Gasteiger partial charge in [-0.2, -0.15) is 0 Å². The van der Waals surface area contributed by atoms with Crippen molar-refractivity contribution in [2.75, 3.05) is 5.73 Å². The molecule has 0 radical (unpaired) electrons. The predicted molar refractivity (Wildman–Crippen MR) is 85.1 cm³/mol.